The van der Waals surface area contributed by atoms with Crippen molar-refractivity contribution in [2.45, 2.75) is 38.6 Å². The molecule has 0 fully saturated rings. The molecular formula is C20H25NO3S. The van der Waals surface area contributed by atoms with Crippen LogP contribution in [0, 0.1) is 0 Å². The van der Waals surface area contributed by atoms with Crippen molar-refractivity contribution in [2.24, 2.45) is 0 Å². The van der Waals surface area contributed by atoms with Gasteiger partial charge in [0.25, 0.3) is 5.91 Å². The fraction of sp³-hybridized carbons (Fsp3) is 0.350. The minimum atomic E-state index is -3.08. The molecule has 134 valence electrons. The van der Waals surface area contributed by atoms with Gasteiger partial charge in [0.1, 0.15) is 0 Å². The molecule has 2 rings (SSSR count). The molecule has 25 heavy (non-hydrogen) atoms. The number of amides is 1. The molecule has 0 aromatic heterocycles. The molecule has 0 radical (unpaired) electrons. The van der Waals surface area contributed by atoms with Crippen molar-refractivity contribution < 1.29 is 13.2 Å². The number of carbonyl (C=O) groups excluding carboxylic acids is 1. The summed E-state index contributed by atoms with van der Waals surface area (Å²) in [6.45, 7) is 4.66. The summed E-state index contributed by atoms with van der Waals surface area (Å²) in [7, 11) is -3.08. The van der Waals surface area contributed by atoms with Crippen LogP contribution in [-0.4, -0.2) is 31.5 Å². The van der Waals surface area contributed by atoms with Crippen LogP contribution in [0.25, 0.3) is 0 Å². The average Bonchev–Trinajstić information content (AvgIpc) is 2.58. The fourth-order valence-electron chi connectivity index (χ4n) is 2.64. The van der Waals surface area contributed by atoms with Gasteiger partial charge in [0.2, 0.25) is 0 Å². The van der Waals surface area contributed by atoms with E-state index < -0.39 is 9.84 Å². The van der Waals surface area contributed by atoms with Crippen LogP contribution in [0.2, 0.25) is 0 Å². The Hall–Kier alpha value is -2.14. The zero-order valence-electron chi connectivity index (χ0n) is 15.0. The lowest BCUT2D eigenvalue weighted by molar-refractivity contribution is 0.0671. The minimum Gasteiger partial charge on any atom is -0.332 e. The summed E-state index contributed by atoms with van der Waals surface area (Å²) in [6.07, 6.45) is 2.07. The third-order valence-corrected chi connectivity index (χ3v) is 5.07. The lowest BCUT2D eigenvalue weighted by Crippen LogP contribution is -2.37. The molecule has 0 saturated carbocycles. The largest absolute Gasteiger partial charge is 0.332 e. The SMILES string of the molecule is CCC(C)N(Cc1ccccc1)C(=O)c1ccc(CS(C)(=O)=O)cc1. The summed E-state index contributed by atoms with van der Waals surface area (Å²) in [6, 6.07) is 16.9. The van der Waals surface area contributed by atoms with Gasteiger partial charge in [-0.15, -0.1) is 0 Å². The van der Waals surface area contributed by atoms with Gasteiger partial charge in [0.05, 0.1) is 5.75 Å². The molecular weight excluding hydrogens is 334 g/mol. The summed E-state index contributed by atoms with van der Waals surface area (Å²) in [5, 5.41) is 0. The molecule has 0 N–H and O–H groups in total. The number of hydrogen-bond donors (Lipinski definition) is 0. The maximum atomic E-state index is 13.0. The first kappa shape index (κ1) is 19.2. The van der Waals surface area contributed by atoms with Gasteiger partial charge in [-0.25, -0.2) is 8.42 Å². The molecule has 0 bridgehead atoms. The monoisotopic (exact) mass is 359 g/mol. The van der Waals surface area contributed by atoms with E-state index in [1.165, 1.54) is 6.26 Å². The van der Waals surface area contributed by atoms with Crippen LogP contribution in [0.1, 0.15) is 41.8 Å². The Morgan fingerprint density at radius 3 is 2.12 bits per heavy atom. The van der Waals surface area contributed by atoms with Crippen molar-refractivity contribution in [3.8, 4) is 0 Å². The van der Waals surface area contributed by atoms with E-state index in [4.69, 9.17) is 0 Å². The first-order valence-electron chi connectivity index (χ1n) is 8.41. The van der Waals surface area contributed by atoms with Gasteiger partial charge >= 0.3 is 0 Å². The summed E-state index contributed by atoms with van der Waals surface area (Å²) >= 11 is 0. The van der Waals surface area contributed by atoms with E-state index in [0.29, 0.717) is 17.7 Å². The molecule has 0 heterocycles. The number of nitrogens with zero attached hydrogens (tertiary/aromatic N) is 1. The standard InChI is InChI=1S/C20H25NO3S/c1-4-16(2)21(14-17-8-6-5-7-9-17)20(22)19-12-10-18(11-13-19)15-25(3,23)24/h5-13,16H,4,14-15H2,1-3H3. The third-order valence-electron chi connectivity index (χ3n) is 4.21. The van der Waals surface area contributed by atoms with Crippen molar-refractivity contribution in [3.63, 3.8) is 0 Å². The topological polar surface area (TPSA) is 54.5 Å². The summed E-state index contributed by atoms with van der Waals surface area (Å²) in [5.74, 6) is -0.0512. The van der Waals surface area contributed by atoms with Gasteiger partial charge in [0, 0.05) is 24.4 Å². The maximum absolute atomic E-state index is 13.0. The molecule has 4 nitrogen and oxygen atoms in total. The summed E-state index contributed by atoms with van der Waals surface area (Å²) in [4.78, 5) is 14.8. The van der Waals surface area contributed by atoms with Crippen LogP contribution < -0.4 is 0 Å². The predicted octanol–water partition coefficient (Wildman–Crippen LogP) is 3.67. The second-order valence-corrected chi connectivity index (χ2v) is 8.58. The van der Waals surface area contributed by atoms with Gasteiger partial charge in [-0.1, -0.05) is 49.4 Å². The molecule has 1 amide bonds. The Labute approximate surface area is 150 Å². The first-order chi connectivity index (χ1) is 11.8. The maximum Gasteiger partial charge on any atom is 0.254 e. The van der Waals surface area contributed by atoms with E-state index >= 15 is 0 Å². The summed E-state index contributed by atoms with van der Waals surface area (Å²) in [5.41, 5.74) is 2.36. The second-order valence-electron chi connectivity index (χ2n) is 6.44. The Morgan fingerprint density at radius 1 is 1.00 bits per heavy atom. The van der Waals surface area contributed by atoms with Crippen molar-refractivity contribution in [3.05, 3.63) is 71.3 Å². The van der Waals surface area contributed by atoms with Gasteiger partial charge in [0.15, 0.2) is 9.84 Å². The number of benzene rings is 2. The number of rotatable bonds is 7. The predicted molar refractivity (Wildman–Crippen MR) is 101 cm³/mol. The van der Waals surface area contributed by atoms with E-state index in [9.17, 15) is 13.2 Å². The van der Waals surface area contributed by atoms with Crippen LogP contribution in [0.3, 0.4) is 0 Å². The fourth-order valence-corrected chi connectivity index (χ4v) is 3.44. The molecule has 0 aliphatic rings. The van der Waals surface area contributed by atoms with Gasteiger partial charge in [-0.2, -0.15) is 0 Å². The smallest absolute Gasteiger partial charge is 0.254 e. The molecule has 0 saturated heterocycles. The molecule has 0 aliphatic heterocycles. The lowest BCUT2D eigenvalue weighted by Gasteiger charge is -2.29. The van der Waals surface area contributed by atoms with Crippen LogP contribution in [0.5, 0.6) is 0 Å². The van der Waals surface area contributed by atoms with E-state index in [0.717, 1.165) is 12.0 Å². The zero-order valence-corrected chi connectivity index (χ0v) is 15.8. The molecule has 2 aromatic carbocycles. The average molecular weight is 359 g/mol. The Bertz CT molecular complexity index is 799. The normalized spacial score (nSPS) is 12.6. The molecule has 2 aromatic rings. The molecule has 5 heteroatoms. The zero-order chi connectivity index (χ0) is 18.4. The van der Waals surface area contributed by atoms with Gasteiger partial charge < -0.3 is 4.90 Å². The quantitative estimate of drug-likeness (QED) is 0.758. The van der Waals surface area contributed by atoms with Gasteiger partial charge in [-0.05, 0) is 36.6 Å². The van der Waals surface area contributed by atoms with Crippen LogP contribution in [-0.2, 0) is 22.1 Å². The number of sulfone groups is 1. The summed E-state index contributed by atoms with van der Waals surface area (Å²) < 4.78 is 22.8. The molecule has 1 unspecified atom stereocenters. The Kier molecular flexibility index (Phi) is 6.37. The second kappa shape index (κ2) is 8.30. The van der Waals surface area contributed by atoms with Crippen LogP contribution in [0.15, 0.2) is 54.6 Å². The third kappa shape index (κ3) is 5.71. The molecule has 1 atom stereocenters. The van der Waals surface area contributed by atoms with Crippen LogP contribution >= 0.6 is 0 Å². The van der Waals surface area contributed by atoms with Crippen molar-refractivity contribution >= 4 is 15.7 Å². The molecule has 0 aliphatic carbocycles. The van der Waals surface area contributed by atoms with Crippen molar-refractivity contribution in [1.29, 1.82) is 0 Å². The Morgan fingerprint density at radius 2 is 1.60 bits per heavy atom. The Balaban J connectivity index is 2.21. The van der Waals surface area contributed by atoms with Crippen LogP contribution in [0.4, 0.5) is 0 Å². The minimum absolute atomic E-state index is 0.0133. The highest BCUT2D eigenvalue weighted by molar-refractivity contribution is 7.89. The van der Waals surface area contributed by atoms with Crippen molar-refractivity contribution in [1.82, 2.24) is 4.90 Å². The number of hydrogen-bond acceptors (Lipinski definition) is 3. The van der Waals surface area contributed by atoms with E-state index in [1.807, 2.05) is 42.2 Å². The van der Waals surface area contributed by atoms with E-state index in [-0.39, 0.29) is 17.7 Å². The van der Waals surface area contributed by atoms with E-state index in [1.54, 1.807) is 24.3 Å². The first-order valence-corrected chi connectivity index (χ1v) is 10.5. The highest BCUT2D eigenvalue weighted by atomic mass is 32.2. The lowest BCUT2D eigenvalue weighted by atomic mass is 10.1. The molecule has 0 spiro atoms. The number of carbonyl (C=O) groups is 1. The van der Waals surface area contributed by atoms with E-state index in [2.05, 4.69) is 6.92 Å². The van der Waals surface area contributed by atoms with Gasteiger partial charge in [-0.3, -0.25) is 4.79 Å². The van der Waals surface area contributed by atoms with Crippen molar-refractivity contribution in [2.75, 3.05) is 6.26 Å². The highest BCUT2D eigenvalue weighted by Gasteiger charge is 2.21. The highest BCUT2D eigenvalue weighted by Crippen LogP contribution is 2.16.